The fraction of sp³-hybridized carbons (Fsp3) is 0.300. The molecular weight excluding hydrogens is 387 g/mol. The van der Waals surface area contributed by atoms with Crippen molar-refractivity contribution in [3.8, 4) is 0 Å². The number of thiazole rings is 1. The van der Waals surface area contributed by atoms with Crippen molar-refractivity contribution in [3.63, 3.8) is 0 Å². The number of nitrogens with zero attached hydrogens (tertiary/aromatic N) is 3. The lowest BCUT2D eigenvalue weighted by Gasteiger charge is -2.24. The molecule has 0 spiro atoms. The van der Waals surface area contributed by atoms with Crippen molar-refractivity contribution in [1.82, 2.24) is 9.88 Å². The monoisotopic (exact) mass is 407 g/mol. The molecule has 3 rings (SSSR count). The van der Waals surface area contributed by atoms with Crippen molar-refractivity contribution in [2.45, 2.75) is 13.8 Å². The molecule has 3 aromatic rings. The van der Waals surface area contributed by atoms with Gasteiger partial charge in [-0.1, -0.05) is 25.2 Å². The smallest absolute Gasteiger partial charge is 0.263 e. The molecule has 0 radical (unpaired) electrons. The summed E-state index contributed by atoms with van der Waals surface area (Å²) in [4.78, 5) is 21.0. The number of carbonyl (C=O) groups excluding carboxylic acids is 1. The average Bonchev–Trinajstić information content (AvgIpc) is 3.07. The molecule has 0 aliphatic rings. The molecule has 148 valence electrons. The van der Waals surface area contributed by atoms with Crippen LogP contribution in [0.15, 0.2) is 36.4 Å². The van der Waals surface area contributed by atoms with Crippen LogP contribution in [0.25, 0.3) is 10.2 Å². The fourth-order valence-corrected chi connectivity index (χ4v) is 3.89. The number of fused-ring (bicyclic) bond motifs is 1. The normalized spacial score (nSPS) is 11.4. The van der Waals surface area contributed by atoms with Crippen molar-refractivity contribution in [2.75, 3.05) is 31.1 Å². The van der Waals surface area contributed by atoms with Crippen LogP contribution in [0.1, 0.15) is 24.2 Å². The van der Waals surface area contributed by atoms with E-state index in [4.69, 9.17) is 0 Å². The van der Waals surface area contributed by atoms with Gasteiger partial charge in [-0.2, -0.15) is 0 Å². The van der Waals surface area contributed by atoms with Crippen LogP contribution < -0.4 is 4.90 Å². The first-order valence-electron chi connectivity index (χ1n) is 8.98. The molecule has 0 fully saturated rings. The van der Waals surface area contributed by atoms with Crippen molar-refractivity contribution in [1.29, 1.82) is 0 Å². The molecule has 1 amide bonds. The minimum absolute atomic E-state index is 0.230. The zero-order chi connectivity index (χ0) is 20.3. The van der Waals surface area contributed by atoms with Crippen LogP contribution in [0.4, 0.5) is 18.3 Å². The molecule has 1 aromatic heterocycles. The zero-order valence-electron chi connectivity index (χ0n) is 15.6. The molecule has 4 nitrogen and oxygen atoms in total. The lowest BCUT2D eigenvalue weighted by atomic mass is 10.2. The molecule has 0 N–H and O–H groups in total. The Morgan fingerprint density at radius 1 is 1.00 bits per heavy atom. The second kappa shape index (κ2) is 8.70. The Kier molecular flexibility index (Phi) is 6.31. The number of rotatable bonds is 7. The fourth-order valence-electron chi connectivity index (χ4n) is 2.88. The molecule has 0 saturated carbocycles. The van der Waals surface area contributed by atoms with E-state index in [0.717, 1.165) is 36.6 Å². The van der Waals surface area contributed by atoms with Crippen LogP contribution in [-0.4, -0.2) is 42.0 Å². The minimum Gasteiger partial charge on any atom is -0.302 e. The highest BCUT2D eigenvalue weighted by molar-refractivity contribution is 7.22. The quantitative estimate of drug-likeness (QED) is 0.570. The first-order chi connectivity index (χ1) is 13.4. The molecule has 28 heavy (non-hydrogen) atoms. The Hall–Kier alpha value is -2.45. The number of hydrogen-bond donors (Lipinski definition) is 0. The summed E-state index contributed by atoms with van der Waals surface area (Å²) < 4.78 is 41.5. The van der Waals surface area contributed by atoms with Gasteiger partial charge in [0, 0.05) is 19.2 Å². The van der Waals surface area contributed by atoms with Crippen LogP contribution >= 0.6 is 11.3 Å². The SMILES string of the molecule is CCN(CC)CCN(C(=O)c1ccc(F)cc1F)c1nc2ccc(F)cc2s1. The maximum absolute atomic E-state index is 14.2. The number of likely N-dealkylation sites (N-methyl/N-ethyl adjacent to an activating group) is 1. The van der Waals surface area contributed by atoms with Crippen LogP contribution in [0.2, 0.25) is 0 Å². The van der Waals surface area contributed by atoms with E-state index in [2.05, 4.69) is 9.88 Å². The van der Waals surface area contributed by atoms with Crippen LogP contribution in [0, 0.1) is 17.5 Å². The van der Waals surface area contributed by atoms with Gasteiger partial charge in [0.15, 0.2) is 5.13 Å². The minimum atomic E-state index is -0.926. The number of benzene rings is 2. The van der Waals surface area contributed by atoms with Gasteiger partial charge in [-0.15, -0.1) is 0 Å². The maximum atomic E-state index is 14.2. The van der Waals surface area contributed by atoms with Gasteiger partial charge in [-0.3, -0.25) is 9.69 Å². The molecule has 8 heteroatoms. The van der Waals surface area contributed by atoms with Gasteiger partial charge in [0.25, 0.3) is 5.91 Å². The molecule has 0 unspecified atom stereocenters. The predicted octanol–water partition coefficient (Wildman–Crippen LogP) is 4.70. The Labute approximate surface area is 165 Å². The average molecular weight is 407 g/mol. The second-order valence-electron chi connectivity index (χ2n) is 6.22. The largest absolute Gasteiger partial charge is 0.302 e. The van der Waals surface area contributed by atoms with E-state index < -0.39 is 23.4 Å². The van der Waals surface area contributed by atoms with Gasteiger partial charge in [-0.05, 0) is 43.4 Å². The van der Waals surface area contributed by atoms with E-state index in [1.54, 1.807) is 0 Å². The molecule has 0 aliphatic heterocycles. The molecule has 1 heterocycles. The van der Waals surface area contributed by atoms with Gasteiger partial charge >= 0.3 is 0 Å². The zero-order valence-corrected chi connectivity index (χ0v) is 16.4. The third kappa shape index (κ3) is 4.34. The van der Waals surface area contributed by atoms with E-state index in [1.807, 2.05) is 13.8 Å². The molecule has 0 aliphatic carbocycles. The first kappa shape index (κ1) is 20.3. The molecule has 2 aromatic carbocycles. The number of hydrogen-bond acceptors (Lipinski definition) is 4. The Morgan fingerprint density at radius 3 is 2.36 bits per heavy atom. The summed E-state index contributed by atoms with van der Waals surface area (Å²) in [6.07, 6.45) is 0. The number of aromatic nitrogens is 1. The summed E-state index contributed by atoms with van der Waals surface area (Å²) in [5.74, 6) is -2.68. The Bertz CT molecular complexity index is 988. The molecule has 0 saturated heterocycles. The third-order valence-electron chi connectivity index (χ3n) is 4.51. The first-order valence-corrected chi connectivity index (χ1v) is 9.80. The number of amides is 1. The topological polar surface area (TPSA) is 36.4 Å². The predicted molar refractivity (Wildman–Crippen MR) is 105 cm³/mol. The van der Waals surface area contributed by atoms with E-state index in [1.165, 1.54) is 23.1 Å². The third-order valence-corrected chi connectivity index (χ3v) is 5.55. The Morgan fingerprint density at radius 2 is 1.68 bits per heavy atom. The summed E-state index contributed by atoms with van der Waals surface area (Å²) in [5.41, 5.74) is 0.327. The Balaban J connectivity index is 1.98. The summed E-state index contributed by atoms with van der Waals surface area (Å²) >= 11 is 1.16. The molecular formula is C20H20F3N3OS. The van der Waals surface area contributed by atoms with E-state index >= 15 is 0 Å². The molecule has 0 atom stereocenters. The highest BCUT2D eigenvalue weighted by atomic mass is 32.1. The van der Waals surface area contributed by atoms with E-state index in [9.17, 15) is 18.0 Å². The molecule has 0 bridgehead atoms. The van der Waals surface area contributed by atoms with Crippen LogP contribution in [-0.2, 0) is 0 Å². The number of carbonyl (C=O) groups is 1. The summed E-state index contributed by atoms with van der Waals surface area (Å²) in [6.45, 7) is 6.46. The number of anilines is 1. The van der Waals surface area contributed by atoms with Crippen molar-refractivity contribution >= 4 is 32.6 Å². The van der Waals surface area contributed by atoms with Gasteiger partial charge in [0.1, 0.15) is 17.5 Å². The van der Waals surface area contributed by atoms with E-state index in [-0.39, 0.29) is 12.1 Å². The highest BCUT2D eigenvalue weighted by Crippen LogP contribution is 2.30. The van der Waals surface area contributed by atoms with Gasteiger partial charge in [-0.25, -0.2) is 18.2 Å². The lowest BCUT2D eigenvalue weighted by molar-refractivity contribution is 0.0980. The summed E-state index contributed by atoms with van der Waals surface area (Å²) in [5, 5.41) is 0.349. The second-order valence-corrected chi connectivity index (χ2v) is 7.23. The van der Waals surface area contributed by atoms with Gasteiger partial charge in [0.2, 0.25) is 0 Å². The van der Waals surface area contributed by atoms with E-state index in [0.29, 0.717) is 28.0 Å². The number of halogens is 3. The maximum Gasteiger partial charge on any atom is 0.263 e. The highest BCUT2D eigenvalue weighted by Gasteiger charge is 2.24. The van der Waals surface area contributed by atoms with Crippen LogP contribution in [0.3, 0.4) is 0 Å². The van der Waals surface area contributed by atoms with Crippen molar-refractivity contribution in [2.24, 2.45) is 0 Å². The summed E-state index contributed by atoms with van der Waals surface area (Å²) in [7, 11) is 0. The van der Waals surface area contributed by atoms with Crippen LogP contribution in [0.5, 0.6) is 0 Å². The summed E-state index contributed by atoms with van der Waals surface area (Å²) in [6, 6.07) is 7.05. The lowest BCUT2D eigenvalue weighted by Crippen LogP contribution is -2.39. The van der Waals surface area contributed by atoms with Gasteiger partial charge < -0.3 is 4.90 Å². The van der Waals surface area contributed by atoms with Crippen molar-refractivity contribution in [3.05, 3.63) is 59.4 Å². The van der Waals surface area contributed by atoms with Crippen molar-refractivity contribution < 1.29 is 18.0 Å². The standard InChI is InChI=1S/C20H20F3N3OS/c1-3-25(4-2)9-10-26(19(27)15-7-5-13(21)11-16(15)23)20-24-17-8-6-14(22)12-18(17)28-20/h5-8,11-12H,3-4,9-10H2,1-2H3. The van der Waals surface area contributed by atoms with Gasteiger partial charge in [0.05, 0.1) is 15.8 Å².